The lowest BCUT2D eigenvalue weighted by atomic mass is 10.2. The second-order valence-corrected chi connectivity index (χ2v) is 6.61. The van der Waals surface area contributed by atoms with Crippen LogP contribution in [0.3, 0.4) is 0 Å². The molecule has 1 unspecified atom stereocenters. The maximum atomic E-state index is 12.1. The van der Waals surface area contributed by atoms with Gasteiger partial charge >= 0.3 is 0 Å². The Morgan fingerprint density at radius 2 is 1.80 bits per heavy atom. The van der Waals surface area contributed by atoms with Gasteiger partial charge in [0.25, 0.3) is 0 Å². The fourth-order valence-corrected chi connectivity index (χ4v) is 3.22. The van der Waals surface area contributed by atoms with Gasteiger partial charge < -0.3 is 5.32 Å². The first kappa shape index (κ1) is 14.9. The topological polar surface area (TPSA) is 49.4 Å². The Balaban J connectivity index is 4.65. The van der Waals surface area contributed by atoms with Gasteiger partial charge in [-0.1, -0.05) is 20.8 Å². The van der Waals surface area contributed by atoms with Gasteiger partial charge in [-0.25, -0.2) is 12.7 Å². The molecule has 15 heavy (non-hydrogen) atoms. The van der Waals surface area contributed by atoms with Crippen LogP contribution in [-0.4, -0.2) is 44.7 Å². The van der Waals surface area contributed by atoms with Gasteiger partial charge in [0.2, 0.25) is 10.0 Å². The van der Waals surface area contributed by atoms with Crippen molar-refractivity contribution in [1.82, 2.24) is 9.62 Å². The smallest absolute Gasteiger partial charge is 0.217 e. The minimum Gasteiger partial charge on any atom is -0.318 e. The summed E-state index contributed by atoms with van der Waals surface area (Å²) in [5.74, 6) is 0.363. The zero-order chi connectivity index (χ0) is 12.1. The van der Waals surface area contributed by atoms with Gasteiger partial charge in [-0.15, -0.1) is 0 Å². The summed E-state index contributed by atoms with van der Waals surface area (Å²) in [5, 5.41) is 2.54. The van der Waals surface area contributed by atoms with Gasteiger partial charge in [0.15, 0.2) is 0 Å². The van der Waals surface area contributed by atoms with Crippen molar-refractivity contribution in [2.75, 3.05) is 26.7 Å². The third-order valence-electron chi connectivity index (χ3n) is 2.28. The second-order valence-electron chi connectivity index (χ2n) is 4.26. The molecule has 0 radical (unpaired) electrons. The van der Waals surface area contributed by atoms with Crippen molar-refractivity contribution in [2.24, 2.45) is 5.92 Å². The Morgan fingerprint density at radius 3 is 2.13 bits per heavy atom. The highest BCUT2D eigenvalue weighted by Gasteiger charge is 2.27. The summed E-state index contributed by atoms with van der Waals surface area (Å²) in [4.78, 5) is 0. The number of sulfonamides is 1. The summed E-state index contributed by atoms with van der Waals surface area (Å²) in [6.07, 6.45) is 0. The first-order valence-electron chi connectivity index (χ1n) is 5.49. The van der Waals surface area contributed by atoms with E-state index in [1.54, 1.807) is 18.3 Å². The van der Waals surface area contributed by atoms with Crippen LogP contribution in [-0.2, 0) is 10.0 Å². The van der Waals surface area contributed by atoms with Crippen LogP contribution in [0.2, 0.25) is 0 Å². The average Bonchev–Trinajstić information content (AvgIpc) is 2.13. The van der Waals surface area contributed by atoms with E-state index in [9.17, 15) is 8.42 Å². The molecule has 92 valence electrons. The molecule has 0 aromatic heterocycles. The van der Waals surface area contributed by atoms with Gasteiger partial charge in [-0.2, -0.15) is 0 Å². The van der Waals surface area contributed by atoms with Crippen molar-refractivity contribution in [2.45, 2.75) is 32.9 Å². The summed E-state index contributed by atoms with van der Waals surface area (Å²) in [6, 6.07) is 0. The molecule has 1 N–H and O–H groups in total. The second kappa shape index (κ2) is 6.45. The maximum absolute atomic E-state index is 12.1. The van der Waals surface area contributed by atoms with Crippen LogP contribution >= 0.6 is 0 Å². The van der Waals surface area contributed by atoms with E-state index >= 15 is 0 Å². The lowest BCUT2D eigenvalue weighted by Gasteiger charge is -2.25. The van der Waals surface area contributed by atoms with E-state index in [0.717, 1.165) is 0 Å². The molecule has 0 rings (SSSR count). The normalized spacial score (nSPS) is 14.9. The summed E-state index contributed by atoms with van der Waals surface area (Å²) < 4.78 is 25.7. The minimum atomic E-state index is -3.14. The van der Waals surface area contributed by atoms with Crippen LogP contribution in [0.25, 0.3) is 0 Å². The van der Waals surface area contributed by atoms with E-state index in [1.165, 1.54) is 0 Å². The molecule has 0 heterocycles. The van der Waals surface area contributed by atoms with Gasteiger partial charge in [-0.3, -0.25) is 0 Å². The average molecular weight is 236 g/mol. The zero-order valence-corrected chi connectivity index (χ0v) is 11.3. The van der Waals surface area contributed by atoms with Crippen LogP contribution in [0, 0.1) is 5.92 Å². The van der Waals surface area contributed by atoms with Crippen molar-refractivity contribution in [3.05, 3.63) is 0 Å². The standard InChI is InChI=1S/C10H24N2O2S/c1-6-12(8-9(2)3)15(13,14)10(4)7-11-5/h9-11H,6-8H2,1-5H3. The Morgan fingerprint density at radius 1 is 1.27 bits per heavy atom. The Hall–Kier alpha value is -0.130. The predicted molar refractivity (Wildman–Crippen MR) is 64.4 cm³/mol. The predicted octanol–water partition coefficient (Wildman–Crippen LogP) is 0.902. The molecule has 0 spiro atoms. The van der Waals surface area contributed by atoms with Crippen LogP contribution < -0.4 is 5.32 Å². The largest absolute Gasteiger partial charge is 0.318 e. The van der Waals surface area contributed by atoms with E-state index in [1.807, 2.05) is 20.8 Å². The molecule has 0 fully saturated rings. The zero-order valence-electron chi connectivity index (χ0n) is 10.4. The fraction of sp³-hybridized carbons (Fsp3) is 1.00. The van der Waals surface area contributed by atoms with Gasteiger partial charge in [0.1, 0.15) is 0 Å². The highest BCUT2D eigenvalue weighted by molar-refractivity contribution is 7.89. The molecule has 0 saturated carbocycles. The van der Waals surface area contributed by atoms with Crippen LogP contribution in [0.1, 0.15) is 27.7 Å². The number of nitrogens with one attached hydrogen (secondary N) is 1. The lowest BCUT2D eigenvalue weighted by molar-refractivity contribution is 0.375. The third-order valence-corrected chi connectivity index (χ3v) is 4.59. The molecule has 0 aromatic rings. The highest BCUT2D eigenvalue weighted by Crippen LogP contribution is 2.10. The van der Waals surface area contributed by atoms with E-state index in [4.69, 9.17) is 0 Å². The SMILES string of the molecule is CCN(CC(C)C)S(=O)(=O)C(C)CNC. The van der Waals surface area contributed by atoms with Crippen molar-refractivity contribution in [3.63, 3.8) is 0 Å². The first-order chi connectivity index (χ1) is 6.86. The molecule has 0 amide bonds. The van der Waals surface area contributed by atoms with Crippen molar-refractivity contribution >= 4 is 10.0 Å². The van der Waals surface area contributed by atoms with Crippen molar-refractivity contribution in [1.29, 1.82) is 0 Å². The molecule has 4 nitrogen and oxygen atoms in total. The van der Waals surface area contributed by atoms with E-state index in [0.29, 0.717) is 25.6 Å². The molecular formula is C10H24N2O2S. The Kier molecular flexibility index (Phi) is 6.40. The third kappa shape index (κ3) is 4.49. The molecule has 0 aliphatic carbocycles. The molecule has 0 aromatic carbocycles. The molecular weight excluding hydrogens is 212 g/mol. The van der Waals surface area contributed by atoms with E-state index < -0.39 is 10.0 Å². The molecule has 1 atom stereocenters. The summed E-state index contributed by atoms with van der Waals surface area (Å²) in [6.45, 7) is 9.33. The fourth-order valence-electron chi connectivity index (χ4n) is 1.47. The monoisotopic (exact) mass is 236 g/mol. The molecule has 0 aliphatic rings. The van der Waals surface area contributed by atoms with Crippen LogP contribution in [0.15, 0.2) is 0 Å². The maximum Gasteiger partial charge on any atom is 0.217 e. The summed E-state index contributed by atoms with van der Waals surface area (Å²) in [7, 11) is -1.37. The van der Waals surface area contributed by atoms with Crippen LogP contribution in [0.4, 0.5) is 0 Å². The van der Waals surface area contributed by atoms with Gasteiger partial charge in [-0.05, 0) is 19.9 Å². The number of rotatable bonds is 7. The molecule has 0 bridgehead atoms. The summed E-state index contributed by atoms with van der Waals surface area (Å²) >= 11 is 0. The van der Waals surface area contributed by atoms with Crippen LogP contribution in [0.5, 0.6) is 0 Å². The van der Waals surface area contributed by atoms with Gasteiger partial charge in [0, 0.05) is 19.6 Å². The highest BCUT2D eigenvalue weighted by atomic mass is 32.2. The Labute approximate surface area is 94.1 Å². The molecule has 0 saturated heterocycles. The lowest BCUT2D eigenvalue weighted by Crippen LogP contribution is -2.42. The number of hydrogen-bond acceptors (Lipinski definition) is 3. The minimum absolute atomic E-state index is 0.360. The first-order valence-corrected chi connectivity index (χ1v) is 7.00. The Bertz CT molecular complexity index is 263. The van der Waals surface area contributed by atoms with Gasteiger partial charge in [0.05, 0.1) is 5.25 Å². The number of nitrogens with zero attached hydrogens (tertiary/aromatic N) is 1. The summed E-state index contributed by atoms with van der Waals surface area (Å²) in [5.41, 5.74) is 0. The number of hydrogen-bond donors (Lipinski definition) is 1. The molecule has 5 heteroatoms. The van der Waals surface area contributed by atoms with Crippen molar-refractivity contribution in [3.8, 4) is 0 Å². The van der Waals surface area contributed by atoms with E-state index in [2.05, 4.69) is 5.32 Å². The van der Waals surface area contributed by atoms with Crippen molar-refractivity contribution < 1.29 is 8.42 Å². The van der Waals surface area contributed by atoms with E-state index in [-0.39, 0.29) is 5.25 Å². The molecule has 0 aliphatic heterocycles. The quantitative estimate of drug-likeness (QED) is 0.714.